The van der Waals surface area contributed by atoms with E-state index < -0.39 is 12.1 Å². The first kappa shape index (κ1) is 24.2. The molecule has 0 aromatic heterocycles. The summed E-state index contributed by atoms with van der Waals surface area (Å²) >= 11 is 0. The largest absolute Gasteiger partial charge is 0.493 e. The average Bonchev–Trinajstić information content (AvgIpc) is 2.86. The van der Waals surface area contributed by atoms with Crippen LogP contribution < -0.4 is 14.2 Å². The molecule has 1 atom stereocenters. The lowest BCUT2D eigenvalue weighted by atomic mass is 10.1. The lowest BCUT2D eigenvalue weighted by Gasteiger charge is -2.19. The Bertz CT molecular complexity index is 1020. The summed E-state index contributed by atoms with van der Waals surface area (Å²) in [6.45, 7) is 6.68. The van der Waals surface area contributed by atoms with Crippen LogP contribution in [0.2, 0.25) is 0 Å². The molecular weight excluding hydrogens is 416 g/mol. The Morgan fingerprint density at radius 3 is 2.12 bits per heavy atom. The second-order valence-electron chi connectivity index (χ2n) is 7.71. The van der Waals surface area contributed by atoms with Crippen LogP contribution >= 0.6 is 0 Å². The fourth-order valence-electron chi connectivity index (χ4n) is 3.42. The number of hydrogen-bond donors (Lipinski definition) is 0. The van der Waals surface area contributed by atoms with Crippen molar-refractivity contribution < 1.29 is 23.7 Å². The molecule has 0 heterocycles. The molecule has 174 valence electrons. The molecule has 0 aliphatic carbocycles. The molecule has 0 radical (unpaired) electrons. The molecule has 3 aromatic carbocycles. The zero-order valence-corrected chi connectivity index (χ0v) is 19.2. The predicted octanol–water partition coefficient (Wildman–Crippen LogP) is 6.35. The van der Waals surface area contributed by atoms with E-state index in [0.717, 1.165) is 29.0 Å². The molecule has 0 fully saturated rings. The molecule has 33 heavy (non-hydrogen) atoms. The molecule has 0 saturated carbocycles. The molecule has 0 amide bonds. The highest BCUT2D eigenvalue weighted by molar-refractivity contribution is 5.93. The van der Waals surface area contributed by atoms with Gasteiger partial charge >= 0.3 is 5.97 Å². The van der Waals surface area contributed by atoms with E-state index in [0.29, 0.717) is 18.1 Å². The number of esters is 1. The zero-order valence-electron chi connectivity index (χ0n) is 19.2. The lowest BCUT2D eigenvalue weighted by molar-refractivity contribution is -0.146. The number of para-hydroxylation sites is 1. The molecule has 5 nitrogen and oxygen atoms in total. The van der Waals surface area contributed by atoms with Crippen molar-refractivity contribution in [2.75, 3.05) is 19.8 Å². The molecule has 3 rings (SSSR count). The van der Waals surface area contributed by atoms with Crippen LogP contribution in [0.15, 0.2) is 79.4 Å². The van der Waals surface area contributed by atoms with Crippen LogP contribution in [0.25, 0.3) is 10.8 Å². The summed E-state index contributed by atoms with van der Waals surface area (Å²) in [7, 11) is 0. The van der Waals surface area contributed by atoms with Crippen LogP contribution in [-0.2, 0) is 9.53 Å². The van der Waals surface area contributed by atoms with Crippen molar-refractivity contribution in [1.29, 1.82) is 0 Å². The second-order valence-corrected chi connectivity index (χ2v) is 7.71. The average molecular weight is 449 g/mol. The first-order valence-electron chi connectivity index (χ1n) is 11.5. The van der Waals surface area contributed by atoms with Gasteiger partial charge in [0.05, 0.1) is 6.61 Å². The maximum Gasteiger partial charge on any atom is 0.330 e. The number of carbonyl (C=O) groups excluding carboxylic acids is 1. The number of unbranched alkanes of at least 4 members (excludes halogenated alkanes) is 3. The van der Waals surface area contributed by atoms with E-state index in [4.69, 9.17) is 18.9 Å². The third-order valence-corrected chi connectivity index (χ3v) is 5.15. The highest BCUT2D eigenvalue weighted by Crippen LogP contribution is 2.33. The van der Waals surface area contributed by atoms with Crippen molar-refractivity contribution in [2.45, 2.75) is 38.7 Å². The minimum absolute atomic E-state index is 0.146. The Morgan fingerprint density at radius 2 is 1.45 bits per heavy atom. The highest BCUT2D eigenvalue weighted by Gasteiger charge is 2.17. The minimum atomic E-state index is -0.594. The topological polar surface area (TPSA) is 54.0 Å². The summed E-state index contributed by atoms with van der Waals surface area (Å²) in [6, 6.07) is 21.2. The minimum Gasteiger partial charge on any atom is -0.493 e. The Morgan fingerprint density at radius 1 is 0.818 bits per heavy atom. The van der Waals surface area contributed by atoms with Gasteiger partial charge in [0.1, 0.15) is 30.5 Å². The number of hydrogen-bond acceptors (Lipinski definition) is 5. The van der Waals surface area contributed by atoms with Gasteiger partial charge in [-0.25, -0.2) is 4.79 Å². The molecule has 1 unspecified atom stereocenters. The van der Waals surface area contributed by atoms with E-state index in [2.05, 4.69) is 13.5 Å². The van der Waals surface area contributed by atoms with Gasteiger partial charge in [0, 0.05) is 16.8 Å². The molecule has 0 spiro atoms. The van der Waals surface area contributed by atoms with Gasteiger partial charge in [-0.2, -0.15) is 0 Å². The normalized spacial score (nSPS) is 11.5. The van der Waals surface area contributed by atoms with Crippen LogP contribution in [0.3, 0.4) is 0 Å². The fourth-order valence-corrected chi connectivity index (χ4v) is 3.42. The van der Waals surface area contributed by atoms with Crippen LogP contribution in [0.1, 0.15) is 32.6 Å². The van der Waals surface area contributed by atoms with E-state index in [1.54, 1.807) is 0 Å². The molecule has 0 aliphatic heterocycles. The maximum absolute atomic E-state index is 11.8. The summed E-state index contributed by atoms with van der Waals surface area (Å²) < 4.78 is 23.3. The van der Waals surface area contributed by atoms with Gasteiger partial charge in [0.15, 0.2) is 6.10 Å². The molecule has 0 N–H and O–H groups in total. The molecule has 3 aromatic rings. The number of ether oxygens (including phenoxy) is 4. The standard InChI is InChI=1S/C28H32O5/c1-3-5-6-12-19-30-26-17-18-27(25-16-11-10-15-24(25)26)32-21-23(33-28(29)4-2)20-31-22-13-8-7-9-14-22/h4,7-11,13-18,23H,2-3,5-6,12,19-21H2,1H3. The smallest absolute Gasteiger partial charge is 0.330 e. The van der Waals surface area contributed by atoms with Crippen molar-refractivity contribution in [1.82, 2.24) is 0 Å². The van der Waals surface area contributed by atoms with Gasteiger partial charge in [-0.1, -0.05) is 75.2 Å². The SMILES string of the molecule is C=CC(=O)OC(COc1ccccc1)COc1ccc(OCCCCCC)c2ccccc12. The summed E-state index contributed by atoms with van der Waals surface area (Å²) in [4.78, 5) is 11.8. The summed E-state index contributed by atoms with van der Waals surface area (Å²) in [5.74, 6) is 1.72. The van der Waals surface area contributed by atoms with Gasteiger partial charge in [0.25, 0.3) is 0 Å². The Kier molecular flexibility index (Phi) is 9.64. The quantitative estimate of drug-likeness (QED) is 0.163. The van der Waals surface area contributed by atoms with Gasteiger partial charge in [0.2, 0.25) is 0 Å². The lowest BCUT2D eigenvalue weighted by Crippen LogP contribution is -2.30. The fraction of sp³-hybridized carbons (Fsp3) is 0.321. The Balaban J connectivity index is 1.67. The first-order chi connectivity index (χ1) is 16.2. The van der Waals surface area contributed by atoms with Gasteiger partial charge in [-0.05, 0) is 30.7 Å². The summed E-state index contributed by atoms with van der Waals surface area (Å²) in [5.41, 5.74) is 0. The summed E-state index contributed by atoms with van der Waals surface area (Å²) in [5, 5.41) is 1.94. The highest BCUT2D eigenvalue weighted by atomic mass is 16.6. The third-order valence-electron chi connectivity index (χ3n) is 5.15. The molecule has 0 aliphatic rings. The van der Waals surface area contributed by atoms with Crippen molar-refractivity contribution in [3.8, 4) is 17.2 Å². The van der Waals surface area contributed by atoms with E-state index in [1.165, 1.54) is 19.3 Å². The zero-order chi connectivity index (χ0) is 23.3. The Labute approximate surface area is 195 Å². The van der Waals surface area contributed by atoms with Crippen molar-refractivity contribution in [2.24, 2.45) is 0 Å². The summed E-state index contributed by atoms with van der Waals surface area (Å²) in [6.07, 6.45) is 5.18. The maximum atomic E-state index is 11.8. The van der Waals surface area contributed by atoms with Crippen molar-refractivity contribution in [3.05, 3.63) is 79.4 Å². The molecule has 0 saturated heterocycles. The van der Waals surface area contributed by atoms with Crippen LogP contribution in [0, 0.1) is 0 Å². The van der Waals surface area contributed by atoms with Crippen LogP contribution in [-0.4, -0.2) is 31.9 Å². The Hall–Kier alpha value is -3.47. The van der Waals surface area contributed by atoms with Crippen LogP contribution in [0.5, 0.6) is 17.2 Å². The number of rotatable bonds is 14. The number of benzene rings is 3. The molecule has 5 heteroatoms. The first-order valence-corrected chi connectivity index (χ1v) is 11.5. The van der Waals surface area contributed by atoms with E-state index in [1.807, 2.05) is 66.7 Å². The van der Waals surface area contributed by atoms with Crippen molar-refractivity contribution >= 4 is 16.7 Å². The van der Waals surface area contributed by atoms with E-state index in [9.17, 15) is 4.79 Å². The van der Waals surface area contributed by atoms with Gasteiger partial charge in [-0.3, -0.25) is 0 Å². The van der Waals surface area contributed by atoms with E-state index >= 15 is 0 Å². The van der Waals surface area contributed by atoms with Crippen molar-refractivity contribution in [3.63, 3.8) is 0 Å². The van der Waals surface area contributed by atoms with Gasteiger partial charge in [-0.15, -0.1) is 0 Å². The third kappa shape index (κ3) is 7.56. The second kappa shape index (κ2) is 13.2. The molecular formula is C28H32O5. The monoisotopic (exact) mass is 448 g/mol. The van der Waals surface area contributed by atoms with Gasteiger partial charge < -0.3 is 18.9 Å². The number of fused-ring (bicyclic) bond motifs is 1. The predicted molar refractivity (Wildman–Crippen MR) is 131 cm³/mol. The number of carbonyl (C=O) groups is 1. The van der Waals surface area contributed by atoms with Crippen LogP contribution in [0.4, 0.5) is 0 Å². The van der Waals surface area contributed by atoms with E-state index in [-0.39, 0.29) is 13.2 Å². The molecule has 0 bridgehead atoms.